The van der Waals surface area contributed by atoms with Gasteiger partial charge in [-0.2, -0.15) is 74.6 Å². The highest BCUT2D eigenvalue weighted by Crippen LogP contribution is 2.64. The Bertz CT molecular complexity index is 2040. The van der Waals surface area contributed by atoms with Crippen molar-refractivity contribution in [1.82, 2.24) is 0 Å². The summed E-state index contributed by atoms with van der Waals surface area (Å²) in [6, 6.07) is 10.3. The quantitative estimate of drug-likeness (QED) is 0.0248. The van der Waals surface area contributed by atoms with Crippen molar-refractivity contribution >= 4 is 26.1 Å². The fraction of sp³-hybridized carbons (Fsp3) is 0.571. The highest BCUT2D eigenvalue weighted by molar-refractivity contribution is 6.76. The zero-order valence-corrected chi connectivity index (χ0v) is 38.5. The third-order valence-electron chi connectivity index (χ3n) is 10.7. The van der Waals surface area contributed by atoms with Crippen molar-refractivity contribution in [3.8, 4) is 11.5 Å². The van der Waals surface area contributed by atoms with Gasteiger partial charge < -0.3 is 28.1 Å². The molecule has 0 aliphatic rings. The number of carbonyl (C=O) groups is 2. The van der Waals surface area contributed by atoms with Gasteiger partial charge in [0, 0.05) is 25.3 Å². The molecule has 0 bridgehead atoms. The van der Waals surface area contributed by atoms with E-state index in [1.807, 2.05) is 0 Å². The minimum Gasteiger partial charge on any atom is -0.497 e. The van der Waals surface area contributed by atoms with Gasteiger partial charge in [0.1, 0.15) is 30.8 Å². The Hall–Kier alpha value is -4.79. The van der Waals surface area contributed by atoms with E-state index in [9.17, 15) is 75.4 Å². The molecule has 0 spiro atoms. The molecule has 0 aromatic heterocycles. The minimum absolute atomic E-state index is 0.0593. The molecule has 0 aliphatic heterocycles. The van der Waals surface area contributed by atoms with Gasteiger partial charge in [0.25, 0.3) is 0 Å². The van der Waals surface area contributed by atoms with Gasteiger partial charge in [0.15, 0.2) is 14.4 Å². The van der Waals surface area contributed by atoms with Crippen LogP contribution in [0.1, 0.15) is 52.7 Å². The number of nitrogens with one attached hydrogen (secondary N) is 1. The first-order valence-electron chi connectivity index (χ1n) is 20.1. The Kier molecular flexibility index (Phi) is 19.7. The van der Waals surface area contributed by atoms with Gasteiger partial charge in [0.05, 0.1) is 13.7 Å². The Morgan fingerprint density at radius 2 is 1.16 bits per heavy atom. The molecule has 1 N–H and O–H groups in total. The van der Waals surface area contributed by atoms with Gasteiger partial charge in [0.2, 0.25) is 0 Å². The summed E-state index contributed by atoms with van der Waals surface area (Å²) in [5.74, 6) is -57.2. The Morgan fingerprint density at radius 3 is 1.61 bits per heavy atom. The molecule has 0 heterocycles. The van der Waals surface area contributed by atoms with E-state index in [0.717, 1.165) is 6.08 Å². The van der Waals surface area contributed by atoms with Crippen LogP contribution >= 0.6 is 0 Å². The van der Waals surface area contributed by atoms with E-state index >= 15 is 8.78 Å². The van der Waals surface area contributed by atoms with Crippen molar-refractivity contribution < 1.29 is 112 Å². The van der Waals surface area contributed by atoms with Crippen LogP contribution in [0.5, 0.6) is 11.5 Å². The first-order valence-corrected chi connectivity index (χ1v) is 22.4. The molecule has 0 radical (unpaired) electrons. The summed E-state index contributed by atoms with van der Waals surface area (Å²) < 4.78 is 269. The van der Waals surface area contributed by atoms with Crippen molar-refractivity contribution in [1.29, 1.82) is 0 Å². The van der Waals surface area contributed by atoms with Crippen molar-refractivity contribution in [3.05, 3.63) is 78.4 Å². The monoisotopic (exact) mass is 1050 g/mol. The maximum Gasteiger partial charge on any atom is 0.460 e. The van der Waals surface area contributed by atoms with E-state index in [1.165, 1.54) is 91.3 Å². The van der Waals surface area contributed by atoms with E-state index < -0.39 is 117 Å². The molecule has 2 atom stereocenters. The maximum absolute atomic E-state index is 15.1. The Balaban J connectivity index is 2.36. The zero-order chi connectivity index (χ0) is 53.4. The van der Waals surface area contributed by atoms with Crippen LogP contribution in [0.2, 0.25) is 17.1 Å². The summed E-state index contributed by atoms with van der Waals surface area (Å²) in [6.45, 7) is 9.00. The van der Waals surface area contributed by atoms with Crippen molar-refractivity contribution in [2.24, 2.45) is 0 Å². The topological polar surface area (TPSA) is 102 Å². The minimum atomic E-state index is -8.71. The van der Waals surface area contributed by atoms with Crippen LogP contribution in [-0.2, 0) is 23.4 Å². The SMILES string of the molecule is C=CCOC(=O)/C=C(\C)[C@@H](OC)[C@H](OC(=O)Nc1ccc(OC)cc1)c1ccc(OCCO[Si](CCC(F)(F)C(F)(F)C(F)(F)C(F)(F)C(F)(F)C(F)(F)C(F)(F)C(F)(F)F)(C(C)C)C(C)C)cc1. The smallest absolute Gasteiger partial charge is 0.460 e. The summed E-state index contributed by atoms with van der Waals surface area (Å²) in [6.07, 6.45) is -11.4. The standard InChI is InChI=1S/C42H48F17NO8Si/c1-9-19-66-31(61)23-26(6)32(64-8)33(68-34(62)60-28-12-16-29(63-7)17-13-28)27-10-14-30(15-11-27)65-20-21-67-69(24(2)3,25(4)5)22-18-35(43,44)36(45,46)37(47,48)38(49,50)39(51,52)40(53,54)41(55,56)42(57,58)59/h9-17,23-25,32-33H,1,18-22H2,2-8H3,(H,60,62)/b26-23+/t32-,33-/m1/s1. The summed E-state index contributed by atoms with van der Waals surface area (Å²) in [7, 11) is -1.36. The van der Waals surface area contributed by atoms with Crippen LogP contribution in [0.15, 0.2) is 72.8 Å². The number of esters is 1. The second kappa shape index (κ2) is 22.5. The fourth-order valence-corrected chi connectivity index (χ4v) is 11.2. The van der Waals surface area contributed by atoms with Gasteiger partial charge in [-0.05, 0) is 71.6 Å². The number of rotatable bonds is 26. The predicted octanol–water partition coefficient (Wildman–Crippen LogP) is 13.2. The fourth-order valence-electron chi connectivity index (χ4n) is 6.74. The lowest BCUT2D eigenvalue weighted by Crippen LogP contribution is -2.74. The third-order valence-corrected chi connectivity index (χ3v) is 16.4. The second-order valence-electron chi connectivity index (χ2n) is 15.8. The number of carbonyl (C=O) groups excluding carboxylic acids is 2. The molecule has 392 valence electrons. The van der Waals surface area contributed by atoms with Crippen LogP contribution in [0.25, 0.3) is 0 Å². The van der Waals surface area contributed by atoms with Crippen LogP contribution in [0.4, 0.5) is 85.1 Å². The number of methoxy groups -OCH3 is 2. The molecule has 2 aromatic rings. The third kappa shape index (κ3) is 12.6. The van der Waals surface area contributed by atoms with Crippen LogP contribution in [-0.4, -0.2) is 108 Å². The lowest BCUT2D eigenvalue weighted by atomic mass is 9.88. The molecule has 27 heteroatoms. The van der Waals surface area contributed by atoms with E-state index in [2.05, 4.69) is 11.9 Å². The molecule has 0 fully saturated rings. The summed E-state index contributed by atoms with van der Waals surface area (Å²) in [5.41, 5.74) is -1.03. The van der Waals surface area contributed by atoms with E-state index in [-0.39, 0.29) is 23.5 Å². The van der Waals surface area contributed by atoms with E-state index in [4.69, 9.17) is 28.1 Å². The lowest BCUT2D eigenvalue weighted by molar-refractivity contribution is -0.461. The molecular weight excluding hydrogens is 998 g/mol. The number of anilines is 1. The molecule has 0 saturated heterocycles. The van der Waals surface area contributed by atoms with E-state index in [1.54, 1.807) is 12.1 Å². The van der Waals surface area contributed by atoms with Crippen molar-refractivity contribution in [2.45, 2.75) is 118 Å². The molecule has 0 aliphatic carbocycles. The molecule has 9 nitrogen and oxygen atoms in total. The molecule has 2 aromatic carbocycles. The van der Waals surface area contributed by atoms with Gasteiger partial charge in [-0.1, -0.05) is 52.5 Å². The van der Waals surface area contributed by atoms with E-state index in [0.29, 0.717) is 11.4 Å². The Labute approximate surface area is 385 Å². The summed E-state index contributed by atoms with van der Waals surface area (Å²) in [4.78, 5) is 25.5. The first kappa shape index (κ1) is 60.3. The van der Waals surface area contributed by atoms with Gasteiger partial charge >= 0.3 is 59.7 Å². The normalized spacial score (nSPS) is 14.9. The average Bonchev–Trinajstić information content (AvgIpc) is 3.24. The number of alkyl halides is 17. The lowest BCUT2D eigenvalue weighted by Gasteiger charge is -2.44. The molecule has 2 rings (SSSR count). The highest BCUT2D eigenvalue weighted by Gasteiger charge is 2.95. The number of hydrogen-bond acceptors (Lipinski definition) is 8. The number of ether oxygens (including phenoxy) is 5. The number of benzene rings is 2. The largest absolute Gasteiger partial charge is 0.497 e. The summed E-state index contributed by atoms with van der Waals surface area (Å²) in [5, 5.41) is 2.53. The second-order valence-corrected chi connectivity index (χ2v) is 20.8. The number of halogens is 17. The molecule has 0 saturated carbocycles. The Morgan fingerprint density at radius 1 is 0.681 bits per heavy atom. The molecular formula is C42H48F17NO8Si. The average molecular weight is 1050 g/mol. The first-order chi connectivity index (χ1) is 31.4. The zero-order valence-electron chi connectivity index (χ0n) is 37.5. The molecule has 1 amide bonds. The summed E-state index contributed by atoms with van der Waals surface area (Å²) >= 11 is 0. The highest BCUT2D eigenvalue weighted by atomic mass is 28.4. The van der Waals surface area contributed by atoms with Crippen LogP contribution in [0, 0.1) is 0 Å². The van der Waals surface area contributed by atoms with Gasteiger partial charge in [-0.3, -0.25) is 5.32 Å². The number of amides is 1. The molecule has 69 heavy (non-hydrogen) atoms. The van der Waals surface area contributed by atoms with Gasteiger partial charge in [-0.15, -0.1) is 0 Å². The van der Waals surface area contributed by atoms with Crippen molar-refractivity contribution in [2.75, 3.05) is 39.4 Å². The van der Waals surface area contributed by atoms with Crippen LogP contribution < -0.4 is 14.8 Å². The predicted molar refractivity (Wildman–Crippen MR) is 215 cm³/mol. The molecule has 0 unspecified atom stereocenters. The van der Waals surface area contributed by atoms with Crippen LogP contribution in [0.3, 0.4) is 0 Å². The number of hydrogen-bond donors (Lipinski definition) is 1. The van der Waals surface area contributed by atoms with Crippen molar-refractivity contribution in [3.63, 3.8) is 0 Å². The maximum atomic E-state index is 15.1. The van der Waals surface area contributed by atoms with Gasteiger partial charge in [-0.25, -0.2) is 9.59 Å².